The summed E-state index contributed by atoms with van der Waals surface area (Å²) in [6.07, 6.45) is 1.81. The molecule has 0 atom stereocenters. The van der Waals surface area contributed by atoms with Gasteiger partial charge in [-0.3, -0.25) is 4.68 Å². The van der Waals surface area contributed by atoms with Crippen LogP contribution in [0, 0.1) is 13.8 Å². The molecule has 0 aliphatic carbocycles. The Morgan fingerprint density at radius 2 is 2.38 bits per heavy atom. The highest BCUT2D eigenvalue weighted by Crippen LogP contribution is 2.00. The molecule has 8 heavy (non-hydrogen) atoms. The Morgan fingerprint density at radius 1 is 1.75 bits per heavy atom. The van der Waals surface area contributed by atoms with E-state index < -0.39 is 0 Å². The van der Waals surface area contributed by atoms with Crippen LogP contribution in [0.2, 0.25) is 0 Å². The van der Waals surface area contributed by atoms with Gasteiger partial charge in [0.2, 0.25) is 0 Å². The van der Waals surface area contributed by atoms with Crippen LogP contribution in [0.4, 0.5) is 0 Å². The van der Waals surface area contributed by atoms with E-state index >= 15 is 0 Å². The molecular formula is C6H9N2. The number of aryl methyl sites for hydroxylation is 2. The molecule has 0 amide bonds. The minimum absolute atomic E-state index is 0.991. The summed E-state index contributed by atoms with van der Waals surface area (Å²) in [6, 6.07) is 0. The predicted molar refractivity (Wildman–Crippen MR) is 32.4 cm³/mol. The molecule has 43 valence electrons. The van der Waals surface area contributed by atoms with E-state index in [4.69, 9.17) is 0 Å². The fraction of sp³-hybridized carbons (Fsp3) is 0.333. The molecule has 0 aliphatic heterocycles. The average Bonchev–Trinajstić information content (AvgIpc) is 1.98. The summed E-state index contributed by atoms with van der Waals surface area (Å²) >= 11 is 0. The van der Waals surface area contributed by atoms with Crippen LogP contribution in [0.1, 0.15) is 11.3 Å². The van der Waals surface area contributed by atoms with Gasteiger partial charge in [-0.2, -0.15) is 5.10 Å². The van der Waals surface area contributed by atoms with Crippen LogP contribution < -0.4 is 0 Å². The molecule has 2 heteroatoms. The van der Waals surface area contributed by atoms with Gasteiger partial charge in [0.05, 0.1) is 6.20 Å². The normalized spacial score (nSPS) is 9.88. The van der Waals surface area contributed by atoms with E-state index in [1.165, 1.54) is 0 Å². The Hall–Kier alpha value is -0.790. The smallest absolute Gasteiger partial charge is 0.0521 e. The zero-order valence-electron chi connectivity index (χ0n) is 5.18. The van der Waals surface area contributed by atoms with Crippen molar-refractivity contribution in [3.05, 3.63) is 24.4 Å². The van der Waals surface area contributed by atoms with Gasteiger partial charge in [0, 0.05) is 12.7 Å². The predicted octanol–water partition coefficient (Wildman–Crippen LogP) is 0.911. The van der Waals surface area contributed by atoms with Gasteiger partial charge in [0.15, 0.2) is 0 Å². The molecule has 0 saturated heterocycles. The van der Waals surface area contributed by atoms with Gasteiger partial charge in [0.25, 0.3) is 0 Å². The van der Waals surface area contributed by atoms with E-state index in [1.54, 1.807) is 4.68 Å². The maximum atomic E-state index is 3.97. The Kier molecular flexibility index (Phi) is 1.08. The molecule has 0 unspecified atom stereocenters. The highest BCUT2D eigenvalue weighted by molar-refractivity contribution is 5.17. The van der Waals surface area contributed by atoms with Crippen LogP contribution in [-0.2, 0) is 7.05 Å². The van der Waals surface area contributed by atoms with E-state index in [2.05, 4.69) is 12.0 Å². The summed E-state index contributed by atoms with van der Waals surface area (Å²) in [6.45, 7) is 5.78. The summed E-state index contributed by atoms with van der Waals surface area (Å²) in [5.41, 5.74) is 2.14. The molecule has 1 aromatic rings. The first-order valence-corrected chi connectivity index (χ1v) is 2.52. The minimum atomic E-state index is 0.991. The third kappa shape index (κ3) is 0.619. The molecule has 0 fully saturated rings. The van der Waals surface area contributed by atoms with Crippen LogP contribution in [0.5, 0.6) is 0 Å². The largest absolute Gasteiger partial charge is 0.272 e. The molecular weight excluding hydrogens is 100 g/mol. The summed E-state index contributed by atoms with van der Waals surface area (Å²) in [7, 11) is 1.88. The van der Waals surface area contributed by atoms with Crippen molar-refractivity contribution in [3.8, 4) is 0 Å². The molecule has 0 saturated carbocycles. The van der Waals surface area contributed by atoms with Crippen molar-refractivity contribution < 1.29 is 0 Å². The van der Waals surface area contributed by atoms with E-state index in [0.717, 1.165) is 11.3 Å². The summed E-state index contributed by atoms with van der Waals surface area (Å²) < 4.78 is 1.76. The third-order valence-electron chi connectivity index (χ3n) is 1.27. The lowest BCUT2D eigenvalue weighted by atomic mass is 10.3. The van der Waals surface area contributed by atoms with Gasteiger partial charge in [-0.1, -0.05) is 0 Å². The summed E-state index contributed by atoms with van der Waals surface area (Å²) in [5.74, 6) is 0. The Morgan fingerprint density at radius 3 is 2.50 bits per heavy atom. The summed E-state index contributed by atoms with van der Waals surface area (Å²) in [5, 5.41) is 3.97. The number of hydrogen-bond donors (Lipinski definition) is 0. The topological polar surface area (TPSA) is 17.8 Å². The maximum Gasteiger partial charge on any atom is 0.0521 e. The van der Waals surface area contributed by atoms with Crippen LogP contribution in [-0.4, -0.2) is 9.78 Å². The van der Waals surface area contributed by atoms with Gasteiger partial charge in [-0.25, -0.2) is 0 Å². The van der Waals surface area contributed by atoms with Crippen LogP contribution in [0.3, 0.4) is 0 Å². The second-order valence-electron chi connectivity index (χ2n) is 1.90. The lowest BCUT2D eigenvalue weighted by Crippen LogP contribution is -1.91. The lowest BCUT2D eigenvalue weighted by Gasteiger charge is -1.90. The van der Waals surface area contributed by atoms with E-state index in [1.807, 2.05) is 20.2 Å². The molecule has 1 rings (SSSR count). The number of rotatable bonds is 0. The van der Waals surface area contributed by atoms with Crippen molar-refractivity contribution in [1.29, 1.82) is 0 Å². The Bertz CT molecular complexity index is 169. The highest BCUT2D eigenvalue weighted by atomic mass is 15.3. The van der Waals surface area contributed by atoms with Crippen molar-refractivity contribution in [2.45, 2.75) is 6.92 Å². The molecule has 1 heterocycles. The van der Waals surface area contributed by atoms with Crippen LogP contribution >= 0.6 is 0 Å². The first-order chi connectivity index (χ1) is 3.72. The first-order valence-electron chi connectivity index (χ1n) is 2.52. The van der Waals surface area contributed by atoms with Gasteiger partial charge in [0.1, 0.15) is 0 Å². The highest BCUT2D eigenvalue weighted by Gasteiger charge is 1.94. The molecule has 0 aromatic carbocycles. The SMILES string of the molecule is [CH2]c1c(C)cnn1C. The van der Waals surface area contributed by atoms with Crippen LogP contribution in [0.15, 0.2) is 6.20 Å². The zero-order chi connectivity index (χ0) is 6.15. The van der Waals surface area contributed by atoms with Crippen molar-refractivity contribution >= 4 is 0 Å². The first kappa shape index (κ1) is 5.35. The Labute approximate surface area is 49.1 Å². The standard InChI is InChI=1S/C6H9N2/c1-5-4-7-8(3)6(5)2/h4H,2H2,1,3H3. The van der Waals surface area contributed by atoms with Crippen molar-refractivity contribution in [2.24, 2.45) is 7.05 Å². The van der Waals surface area contributed by atoms with Crippen LogP contribution in [0.25, 0.3) is 0 Å². The monoisotopic (exact) mass is 109 g/mol. The molecule has 0 bridgehead atoms. The second-order valence-corrected chi connectivity index (χ2v) is 1.90. The molecule has 0 spiro atoms. The van der Waals surface area contributed by atoms with E-state index in [9.17, 15) is 0 Å². The maximum absolute atomic E-state index is 3.97. The van der Waals surface area contributed by atoms with Gasteiger partial charge in [-0.15, -0.1) is 0 Å². The number of hydrogen-bond acceptors (Lipinski definition) is 1. The third-order valence-corrected chi connectivity index (χ3v) is 1.27. The van der Waals surface area contributed by atoms with Crippen molar-refractivity contribution in [1.82, 2.24) is 9.78 Å². The van der Waals surface area contributed by atoms with E-state index in [-0.39, 0.29) is 0 Å². The molecule has 1 radical (unpaired) electrons. The summed E-state index contributed by atoms with van der Waals surface area (Å²) in [4.78, 5) is 0. The Balaban J connectivity index is 3.19. The van der Waals surface area contributed by atoms with E-state index in [0.29, 0.717) is 0 Å². The molecule has 0 aliphatic rings. The van der Waals surface area contributed by atoms with Crippen molar-refractivity contribution in [2.75, 3.05) is 0 Å². The van der Waals surface area contributed by atoms with Gasteiger partial charge >= 0.3 is 0 Å². The molecule has 2 nitrogen and oxygen atoms in total. The quantitative estimate of drug-likeness (QED) is 0.484. The number of nitrogens with zero attached hydrogens (tertiary/aromatic N) is 2. The van der Waals surface area contributed by atoms with Gasteiger partial charge < -0.3 is 0 Å². The second kappa shape index (κ2) is 1.62. The lowest BCUT2D eigenvalue weighted by molar-refractivity contribution is 0.752. The fourth-order valence-corrected chi connectivity index (χ4v) is 0.573. The average molecular weight is 109 g/mol. The minimum Gasteiger partial charge on any atom is -0.272 e. The van der Waals surface area contributed by atoms with Gasteiger partial charge in [-0.05, 0) is 19.4 Å². The number of aromatic nitrogens is 2. The molecule has 0 N–H and O–H groups in total. The zero-order valence-corrected chi connectivity index (χ0v) is 5.18. The molecule has 1 aromatic heterocycles. The fourth-order valence-electron chi connectivity index (χ4n) is 0.573. The van der Waals surface area contributed by atoms with Crippen molar-refractivity contribution in [3.63, 3.8) is 0 Å².